The normalized spacial score (nSPS) is 11.5. The summed E-state index contributed by atoms with van der Waals surface area (Å²) >= 11 is 1.51. The third kappa shape index (κ3) is 5.32. The van der Waals surface area contributed by atoms with Gasteiger partial charge in [-0.15, -0.1) is 11.8 Å². The summed E-state index contributed by atoms with van der Waals surface area (Å²) in [5.74, 6) is 0.902. The number of thioether (sulfide) groups is 1. The van der Waals surface area contributed by atoms with Gasteiger partial charge in [0.2, 0.25) is 15.9 Å². The maximum atomic E-state index is 12.3. The minimum absolute atomic E-state index is 0.155. The second-order valence-corrected chi connectivity index (χ2v) is 8.90. The Kier molecular flexibility index (Phi) is 6.64. The molecule has 0 fully saturated rings. The summed E-state index contributed by atoms with van der Waals surface area (Å²) in [6.45, 7) is 1.73. The molecular formula is C18H22N2O3S2. The number of nitrogens with zero attached hydrogens (tertiary/aromatic N) is 1. The zero-order valence-corrected chi connectivity index (χ0v) is 16.2. The standard InChI is InChI=1S/C18H22N2O3S2/c1-14-9-10-16(11-17(14)25(22,23)20(2)3)19-18(21)13-24-12-15-7-5-4-6-8-15/h4-11H,12-13H2,1-3H3,(H,19,21). The smallest absolute Gasteiger partial charge is 0.242 e. The van der Waals surface area contributed by atoms with E-state index in [9.17, 15) is 13.2 Å². The number of aryl methyl sites for hydroxylation is 1. The van der Waals surface area contributed by atoms with E-state index in [2.05, 4.69) is 5.32 Å². The van der Waals surface area contributed by atoms with Crippen molar-refractivity contribution in [1.29, 1.82) is 0 Å². The van der Waals surface area contributed by atoms with Gasteiger partial charge in [-0.25, -0.2) is 12.7 Å². The topological polar surface area (TPSA) is 66.5 Å². The molecule has 25 heavy (non-hydrogen) atoms. The summed E-state index contributed by atoms with van der Waals surface area (Å²) in [5, 5.41) is 2.76. The molecule has 5 nitrogen and oxygen atoms in total. The van der Waals surface area contributed by atoms with Gasteiger partial charge < -0.3 is 5.32 Å². The molecule has 0 heterocycles. The summed E-state index contributed by atoms with van der Waals surface area (Å²) in [5.41, 5.74) is 2.29. The van der Waals surface area contributed by atoms with Gasteiger partial charge >= 0.3 is 0 Å². The fourth-order valence-electron chi connectivity index (χ4n) is 2.19. The van der Waals surface area contributed by atoms with Gasteiger partial charge in [-0.1, -0.05) is 36.4 Å². The zero-order valence-electron chi connectivity index (χ0n) is 14.5. The number of benzene rings is 2. The lowest BCUT2D eigenvalue weighted by molar-refractivity contribution is -0.113. The third-order valence-corrected chi connectivity index (χ3v) is 6.54. The van der Waals surface area contributed by atoms with Gasteiger partial charge in [-0.2, -0.15) is 0 Å². The maximum absolute atomic E-state index is 12.3. The summed E-state index contributed by atoms with van der Waals surface area (Å²) in [6, 6.07) is 14.8. The number of sulfonamides is 1. The van der Waals surface area contributed by atoms with Crippen LogP contribution in [0.25, 0.3) is 0 Å². The number of rotatable bonds is 7. The molecule has 0 aromatic heterocycles. The molecule has 7 heteroatoms. The molecule has 0 radical (unpaired) electrons. The number of nitrogens with one attached hydrogen (secondary N) is 1. The van der Waals surface area contributed by atoms with Crippen molar-refractivity contribution in [2.24, 2.45) is 0 Å². The van der Waals surface area contributed by atoms with Gasteiger partial charge in [-0.05, 0) is 30.2 Å². The first-order valence-corrected chi connectivity index (χ1v) is 10.3. The summed E-state index contributed by atoms with van der Waals surface area (Å²) in [6.07, 6.45) is 0. The van der Waals surface area contributed by atoms with Crippen molar-refractivity contribution in [3.63, 3.8) is 0 Å². The van der Waals surface area contributed by atoms with Gasteiger partial charge in [0.15, 0.2) is 0 Å². The van der Waals surface area contributed by atoms with Crippen LogP contribution >= 0.6 is 11.8 Å². The molecular weight excluding hydrogens is 356 g/mol. The average molecular weight is 379 g/mol. The number of carbonyl (C=O) groups excluding carboxylic acids is 1. The van der Waals surface area contributed by atoms with E-state index in [4.69, 9.17) is 0 Å². The minimum Gasteiger partial charge on any atom is -0.325 e. The molecule has 0 saturated heterocycles. The van der Waals surface area contributed by atoms with E-state index >= 15 is 0 Å². The minimum atomic E-state index is -3.54. The summed E-state index contributed by atoms with van der Waals surface area (Å²) in [4.78, 5) is 12.3. The predicted molar refractivity (Wildman–Crippen MR) is 103 cm³/mol. The molecule has 134 valence electrons. The average Bonchev–Trinajstić information content (AvgIpc) is 2.57. The molecule has 0 saturated carbocycles. The number of amides is 1. The molecule has 0 spiro atoms. The highest BCUT2D eigenvalue weighted by atomic mass is 32.2. The van der Waals surface area contributed by atoms with E-state index in [0.29, 0.717) is 17.0 Å². The van der Waals surface area contributed by atoms with Crippen LogP contribution in [0.4, 0.5) is 5.69 Å². The number of hydrogen-bond acceptors (Lipinski definition) is 4. The van der Waals surface area contributed by atoms with E-state index < -0.39 is 10.0 Å². The quantitative estimate of drug-likeness (QED) is 0.804. The molecule has 0 atom stereocenters. The fourth-order valence-corrected chi connectivity index (χ4v) is 4.12. The first kappa shape index (κ1) is 19.5. The Morgan fingerprint density at radius 1 is 1.12 bits per heavy atom. The van der Waals surface area contributed by atoms with Gasteiger partial charge in [0.25, 0.3) is 0 Å². The van der Waals surface area contributed by atoms with Gasteiger partial charge in [0, 0.05) is 25.5 Å². The van der Waals surface area contributed by atoms with Crippen molar-refractivity contribution in [2.45, 2.75) is 17.6 Å². The molecule has 0 aliphatic carbocycles. The van der Waals surface area contributed by atoms with Gasteiger partial charge in [0.1, 0.15) is 0 Å². The Hall–Kier alpha value is -1.83. The Bertz CT molecular complexity index is 835. The van der Waals surface area contributed by atoms with Gasteiger partial charge in [-0.3, -0.25) is 4.79 Å². The third-order valence-electron chi connectivity index (χ3n) is 3.58. The Morgan fingerprint density at radius 3 is 2.44 bits per heavy atom. The van der Waals surface area contributed by atoms with Gasteiger partial charge in [0.05, 0.1) is 10.6 Å². The molecule has 2 rings (SSSR count). The first-order chi connectivity index (χ1) is 11.8. The molecule has 0 unspecified atom stereocenters. The van der Waals surface area contributed by atoms with E-state index in [-0.39, 0.29) is 10.8 Å². The summed E-state index contributed by atoms with van der Waals surface area (Å²) < 4.78 is 25.8. The van der Waals surface area contributed by atoms with E-state index in [1.807, 2.05) is 30.3 Å². The van der Waals surface area contributed by atoms with Crippen molar-refractivity contribution in [1.82, 2.24) is 4.31 Å². The highest BCUT2D eigenvalue weighted by molar-refractivity contribution is 7.99. The highest BCUT2D eigenvalue weighted by Crippen LogP contribution is 2.22. The van der Waals surface area contributed by atoms with Crippen LogP contribution in [0.3, 0.4) is 0 Å². The van der Waals surface area contributed by atoms with Crippen molar-refractivity contribution in [3.8, 4) is 0 Å². The molecule has 1 amide bonds. The molecule has 0 aliphatic heterocycles. The molecule has 2 aromatic carbocycles. The molecule has 0 aliphatic rings. The monoisotopic (exact) mass is 378 g/mol. The molecule has 0 bridgehead atoms. The lowest BCUT2D eigenvalue weighted by Gasteiger charge is -2.15. The SMILES string of the molecule is Cc1ccc(NC(=O)CSCc2ccccc2)cc1S(=O)(=O)N(C)C. The molecule has 2 aromatic rings. The second-order valence-electron chi connectivity index (χ2n) is 5.79. The van der Waals surface area contributed by atoms with Crippen LogP contribution in [-0.4, -0.2) is 38.5 Å². The van der Waals surface area contributed by atoms with Crippen LogP contribution in [0.15, 0.2) is 53.4 Å². The largest absolute Gasteiger partial charge is 0.325 e. The van der Waals surface area contributed by atoms with Crippen LogP contribution < -0.4 is 5.32 Å². The van der Waals surface area contributed by atoms with E-state index in [1.165, 1.54) is 31.9 Å². The van der Waals surface area contributed by atoms with Crippen molar-refractivity contribution in [3.05, 3.63) is 59.7 Å². The Balaban J connectivity index is 1.99. The van der Waals surface area contributed by atoms with Crippen LogP contribution in [0.5, 0.6) is 0 Å². The van der Waals surface area contributed by atoms with E-state index in [0.717, 1.165) is 15.6 Å². The number of hydrogen-bond donors (Lipinski definition) is 1. The number of anilines is 1. The molecule has 1 N–H and O–H groups in total. The zero-order chi connectivity index (χ0) is 18.4. The van der Waals surface area contributed by atoms with Crippen LogP contribution in [0.2, 0.25) is 0 Å². The Labute approximate surface area is 153 Å². The van der Waals surface area contributed by atoms with E-state index in [1.54, 1.807) is 19.1 Å². The number of carbonyl (C=O) groups is 1. The van der Waals surface area contributed by atoms with Crippen molar-refractivity contribution >= 4 is 33.4 Å². The predicted octanol–water partition coefficient (Wildman–Crippen LogP) is 3.12. The maximum Gasteiger partial charge on any atom is 0.242 e. The Morgan fingerprint density at radius 2 is 1.80 bits per heavy atom. The van der Waals surface area contributed by atoms with Crippen LogP contribution in [0, 0.1) is 6.92 Å². The van der Waals surface area contributed by atoms with Crippen molar-refractivity contribution < 1.29 is 13.2 Å². The fraction of sp³-hybridized carbons (Fsp3) is 0.278. The van der Waals surface area contributed by atoms with Crippen molar-refractivity contribution in [2.75, 3.05) is 25.2 Å². The highest BCUT2D eigenvalue weighted by Gasteiger charge is 2.20. The van der Waals surface area contributed by atoms with Crippen LogP contribution in [-0.2, 0) is 20.6 Å². The first-order valence-electron chi connectivity index (χ1n) is 7.75. The lowest BCUT2D eigenvalue weighted by atomic mass is 10.2. The second kappa shape index (κ2) is 8.51. The summed E-state index contributed by atoms with van der Waals surface area (Å²) in [7, 11) is -0.569. The lowest BCUT2D eigenvalue weighted by Crippen LogP contribution is -2.23. The van der Waals surface area contributed by atoms with Crippen LogP contribution in [0.1, 0.15) is 11.1 Å².